The van der Waals surface area contributed by atoms with Crippen molar-refractivity contribution in [1.82, 2.24) is 15.2 Å². The van der Waals surface area contributed by atoms with E-state index in [1.54, 1.807) is 6.20 Å². The first kappa shape index (κ1) is 13.8. The molecule has 0 aliphatic carbocycles. The van der Waals surface area contributed by atoms with Gasteiger partial charge >= 0.3 is 0 Å². The zero-order valence-corrected chi connectivity index (χ0v) is 12.9. The van der Waals surface area contributed by atoms with Gasteiger partial charge < -0.3 is 4.74 Å². The number of nitrogens with one attached hydrogen (secondary N) is 1. The first-order chi connectivity index (χ1) is 9.33. The van der Waals surface area contributed by atoms with E-state index in [1.807, 2.05) is 50.2 Å². The highest BCUT2D eigenvalue weighted by molar-refractivity contribution is 14.1. The molecule has 0 saturated carbocycles. The fourth-order valence-corrected chi connectivity index (χ4v) is 2.06. The number of fused-ring (bicyclic) bond motifs is 1. The Hall–Kier alpha value is -1.63. The summed E-state index contributed by atoms with van der Waals surface area (Å²) in [5, 5.41) is 8.08. The maximum absolute atomic E-state index is 5.63. The number of nitrogens with zero attached hydrogens (tertiary/aromatic N) is 2. The number of benzene rings is 1. The highest BCUT2D eigenvalue weighted by Crippen LogP contribution is 2.23. The second-order valence-electron chi connectivity index (χ2n) is 3.49. The maximum atomic E-state index is 5.63. The topological polar surface area (TPSA) is 50.8 Å². The van der Waals surface area contributed by atoms with Gasteiger partial charge in [-0.3, -0.25) is 5.10 Å². The number of pyridine rings is 1. The number of hydrogen-bond donors (Lipinski definition) is 1. The van der Waals surface area contributed by atoms with Crippen molar-refractivity contribution in [2.45, 2.75) is 13.8 Å². The minimum Gasteiger partial charge on any atom is -0.439 e. The molecule has 4 nitrogen and oxygen atoms in total. The van der Waals surface area contributed by atoms with E-state index in [4.69, 9.17) is 4.74 Å². The second-order valence-corrected chi connectivity index (χ2v) is 4.57. The SMILES string of the molecule is CC.Ic1[nH]nc2cc(Oc3ccccc3)ncc12. The molecule has 2 heterocycles. The standard InChI is InChI=1S/C12H8IN3O.C2H6/c13-12-9-7-14-11(6-10(9)15-16-12)17-8-4-2-1-3-5-8;1-2/h1-7H,(H,15,16);1-2H3. The molecule has 0 unspecified atom stereocenters. The molecule has 0 aliphatic rings. The van der Waals surface area contributed by atoms with Crippen LogP contribution in [-0.2, 0) is 0 Å². The lowest BCUT2D eigenvalue weighted by molar-refractivity contribution is 0.464. The Morgan fingerprint density at radius 2 is 1.89 bits per heavy atom. The molecule has 0 radical (unpaired) electrons. The number of halogens is 1. The van der Waals surface area contributed by atoms with Crippen molar-refractivity contribution in [3.05, 3.63) is 46.3 Å². The van der Waals surface area contributed by atoms with Gasteiger partial charge in [0.2, 0.25) is 5.88 Å². The number of hydrogen-bond acceptors (Lipinski definition) is 3. The molecular formula is C14H14IN3O. The summed E-state index contributed by atoms with van der Waals surface area (Å²) in [5.41, 5.74) is 0.857. The Morgan fingerprint density at radius 3 is 2.63 bits per heavy atom. The van der Waals surface area contributed by atoms with E-state index in [0.29, 0.717) is 5.88 Å². The van der Waals surface area contributed by atoms with Gasteiger partial charge in [0.25, 0.3) is 0 Å². The van der Waals surface area contributed by atoms with E-state index in [9.17, 15) is 0 Å². The van der Waals surface area contributed by atoms with Crippen LogP contribution in [0.1, 0.15) is 13.8 Å². The van der Waals surface area contributed by atoms with Gasteiger partial charge in [0.05, 0.1) is 5.39 Å². The van der Waals surface area contributed by atoms with Crippen molar-refractivity contribution in [3.63, 3.8) is 0 Å². The fraction of sp³-hybridized carbons (Fsp3) is 0.143. The van der Waals surface area contributed by atoms with Crippen LogP contribution in [0.15, 0.2) is 42.6 Å². The zero-order chi connectivity index (χ0) is 13.7. The molecular weight excluding hydrogens is 353 g/mol. The Morgan fingerprint density at radius 1 is 1.16 bits per heavy atom. The summed E-state index contributed by atoms with van der Waals surface area (Å²) in [7, 11) is 0. The van der Waals surface area contributed by atoms with Crippen LogP contribution in [0.3, 0.4) is 0 Å². The van der Waals surface area contributed by atoms with E-state index in [0.717, 1.165) is 20.4 Å². The molecule has 2 aromatic heterocycles. The molecule has 0 amide bonds. The lowest BCUT2D eigenvalue weighted by Crippen LogP contribution is -1.87. The molecule has 0 aliphatic heterocycles. The van der Waals surface area contributed by atoms with Gasteiger partial charge in [0, 0.05) is 12.3 Å². The number of ether oxygens (including phenoxy) is 1. The van der Waals surface area contributed by atoms with E-state index >= 15 is 0 Å². The predicted molar refractivity (Wildman–Crippen MR) is 84.5 cm³/mol. The number of H-pyrrole nitrogens is 1. The van der Waals surface area contributed by atoms with Crippen molar-refractivity contribution >= 4 is 33.5 Å². The average molecular weight is 367 g/mol. The highest BCUT2D eigenvalue weighted by Gasteiger charge is 2.05. The summed E-state index contributed by atoms with van der Waals surface area (Å²) < 4.78 is 6.61. The lowest BCUT2D eigenvalue weighted by Gasteiger charge is -2.03. The molecule has 0 saturated heterocycles. The quantitative estimate of drug-likeness (QED) is 0.684. The molecule has 1 aromatic carbocycles. The molecule has 98 valence electrons. The van der Waals surface area contributed by atoms with Crippen molar-refractivity contribution < 1.29 is 4.74 Å². The Kier molecular flexibility index (Phi) is 4.73. The molecule has 1 N–H and O–H groups in total. The molecule has 0 atom stereocenters. The fourth-order valence-electron chi connectivity index (χ4n) is 1.52. The van der Waals surface area contributed by atoms with Crippen LogP contribution in [0.2, 0.25) is 0 Å². The van der Waals surface area contributed by atoms with Crippen LogP contribution in [-0.4, -0.2) is 15.2 Å². The number of aromatic nitrogens is 3. The third kappa shape index (κ3) is 3.23. The summed E-state index contributed by atoms with van der Waals surface area (Å²) in [6.07, 6.45) is 1.76. The zero-order valence-electron chi connectivity index (χ0n) is 10.7. The van der Waals surface area contributed by atoms with Gasteiger partial charge in [0.1, 0.15) is 15.0 Å². The Labute approximate surface area is 125 Å². The third-order valence-corrected chi connectivity index (χ3v) is 3.16. The smallest absolute Gasteiger partial charge is 0.221 e. The molecule has 19 heavy (non-hydrogen) atoms. The molecule has 0 spiro atoms. The largest absolute Gasteiger partial charge is 0.439 e. The highest BCUT2D eigenvalue weighted by atomic mass is 127. The van der Waals surface area contributed by atoms with Crippen LogP contribution in [0.25, 0.3) is 10.9 Å². The summed E-state index contributed by atoms with van der Waals surface area (Å²) in [6.45, 7) is 4.00. The summed E-state index contributed by atoms with van der Waals surface area (Å²) in [4.78, 5) is 4.25. The Balaban J connectivity index is 0.000000637. The first-order valence-corrected chi connectivity index (χ1v) is 7.13. The summed E-state index contributed by atoms with van der Waals surface area (Å²) in [5.74, 6) is 1.32. The number of rotatable bonds is 2. The minimum absolute atomic E-state index is 0.548. The molecule has 0 fully saturated rings. The third-order valence-electron chi connectivity index (χ3n) is 2.33. The van der Waals surface area contributed by atoms with E-state index in [2.05, 4.69) is 37.8 Å². The van der Waals surface area contributed by atoms with Crippen LogP contribution in [0.5, 0.6) is 11.6 Å². The van der Waals surface area contributed by atoms with E-state index in [-0.39, 0.29) is 0 Å². The van der Waals surface area contributed by atoms with Gasteiger partial charge in [-0.2, -0.15) is 5.10 Å². The summed E-state index contributed by atoms with van der Waals surface area (Å²) >= 11 is 2.19. The van der Waals surface area contributed by atoms with Gasteiger partial charge in [0.15, 0.2) is 0 Å². The summed E-state index contributed by atoms with van der Waals surface area (Å²) in [6, 6.07) is 11.4. The van der Waals surface area contributed by atoms with Crippen LogP contribution < -0.4 is 4.74 Å². The van der Waals surface area contributed by atoms with Gasteiger partial charge in [-0.15, -0.1) is 0 Å². The van der Waals surface area contributed by atoms with Gasteiger partial charge in [-0.05, 0) is 34.7 Å². The second kappa shape index (κ2) is 6.51. The average Bonchev–Trinajstić information content (AvgIpc) is 2.83. The lowest BCUT2D eigenvalue weighted by atomic mass is 10.3. The predicted octanol–water partition coefficient (Wildman–Crippen LogP) is 4.38. The molecule has 0 bridgehead atoms. The van der Waals surface area contributed by atoms with Gasteiger partial charge in [-0.1, -0.05) is 32.0 Å². The first-order valence-electron chi connectivity index (χ1n) is 6.05. The number of aromatic amines is 1. The normalized spacial score (nSPS) is 9.84. The van der Waals surface area contributed by atoms with Crippen molar-refractivity contribution in [1.29, 1.82) is 0 Å². The minimum atomic E-state index is 0.548. The molecule has 3 rings (SSSR count). The van der Waals surface area contributed by atoms with Crippen molar-refractivity contribution in [3.8, 4) is 11.6 Å². The van der Waals surface area contributed by atoms with Crippen LogP contribution in [0, 0.1) is 3.70 Å². The monoisotopic (exact) mass is 367 g/mol. The molecule has 3 aromatic rings. The Bertz CT molecular complexity index is 652. The maximum Gasteiger partial charge on any atom is 0.221 e. The van der Waals surface area contributed by atoms with E-state index in [1.165, 1.54) is 0 Å². The van der Waals surface area contributed by atoms with Crippen LogP contribution in [0.4, 0.5) is 0 Å². The van der Waals surface area contributed by atoms with Crippen molar-refractivity contribution in [2.75, 3.05) is 0 Å². The van der Waals surface area contributed by atoms with Gasteiger partial charge in [-0.25, -0.2) is 4.98 Å². The van der Waals surface area contributed by atoms with Crippen molar-refractivity contribution in [2.24, 2.45) is 0 Å². The molecule has 5 heteroatoms. The van der Waals surface area contributed by atoms with Crippen LogP contribution >= 0.6 is 22.6 Å². The van der Waals surface area contributed by atoms with E-state index < -0.39 is 0 Å². The number of para-hydroxylation sites is 1.